The second-order valence-electron chi connectivity index (χ2n) is 5.80. The van der Waals surface area contributed by atoms with Gasteiger partial charge in [-0.1, -0.05) is 41.5 Å². The monoisotopic (exact) mass is 326 g/mol. The summed E-state index contributed by atoms with van der Waals surface area (Å²) in [5, 5.41) is 0. The molecular formula is C18H34N2O3. The summed E-state index contributed by atoms with van der Waals surface area (Å²) in [6, 6.07) is 0. The van der Waals surface area contributed by atoms with Gasteiger partial charge in [0.1, 0.15) is 0 Å². The minimum absolute atomic E-state index is 0.0621. The van der Waals surface area contributed by atoms with Gasteiger partial charge in [-0.3, -0.25) is 19.3 Å². The van der Waals surface area contributed by atoms with Crippen LogP contribution in [-0.2, 0) is 14.4 Å². The Hall–Kier alpha value is -1.39. The molecule has 0 aromatic carbocycles. The van der Waals surface area contributed by atoms with Gasteiger partial charge in [0.05, 0.1) is 0 Å². The van der Waals surface area contributed by atoms with Crippen LogP contribution in [0, 0.1) is 11.8 Å². The lowest BCUT2D eigenvalue weighted by Gasteiger charge is -2.30. The standard InChI is InChI=1S/C14H22N2O3.2C2H6/c1-10-3-6-15(7-4-10)12(17)5-8-16-13(18)9-11(2)14(16)19;2*1-2/h10-11H,3-9H2,1-2H3;2*1-2H3. The molecule has 2 fully saturated rings. The Labute approximate surface area is 141 Å². The van der Waals surface area contributed by atoms with Crippen molar-refractivity contribution in [2.45, 2.75) is 67.2 Å². The molecule has 2 saturated heterocycles. The van der Waals surface area contributed by atoms with Crippen LogP contribution in [0.4, 0.5) is 0 Å². The topological polar surface area (TPSA) is 57.7 Å². The molecule has 1 atom stereocenters. The van der Waals surface area contributed by atoms with Crippen molar-refractivity contribution in [3.63, 3.8) is 0 Å². The van der Waals surface area contributed by atoms with Crippen LogP contribution in [0.2, 0.25) is 0 Å². The van der Waals surface area contributed by atoms with Gasteiger partial charge in [0.15, 0.2) is 0 Å². The van der Waals surface area contributed by atoms with Crippen LogP contribution < -0.4 is 0 Å². The Kier molecular flexibility index (Phi) is 10.5. The maximum atomic E-state index is 12.0. The van der Waals surface area contributed by atoms with E-state index >= 15 is 0 Å². The zero-order chi connectivity index (χ0) is 18.0. The third-order valence-corrected chi connectivity index (χ3v) is 4.16. The Bertz CT molecular complexity index is 388. The quantitative estimate of drug-likeness (QED) is 0.749. The SMILES string of the molecule is CC.CC.CC1CCN(C(=O)CCN2C(=O)CC(C)C2=O)CC1. The smallest absolute Gasteiger partial charge is 0.232 e. The average molecular weight is 326 g/mol. The van der Waals surface area contributed by atoms with E-state index in [-0.39, 0.29) is 43.0 Å². The fourth-order valence-electron chi connectivity index (χ4n) is 2.71. The van der Waals surface area contributed by atoms with Crippen LogP contribution in [-0.4, -0.2) is 47.2 Å². The van der Waals surface area contributed by atoms with Crippen molar-refractivity contribution in [3.05, 3.63) is 0 Å². The molecule has 2 aliphatic heterocycles. The molecule has 5 heteroatoms. The summed E-state index contributed by atoms with van der Waals surface area (Å²) >= 11 is 0. The van der Waals surface area contributed by atoms with Gasteiger partial charge < -0.3 is 4.90 Å². The van der Waals surface area contributed by atoms with Gasteiger partial charge in [0.25, 0.3) is 0 Å². The Balaban J connectivity index is 0.00000112. The lowest BCUT2D eigenvalue weighted by Crippen LogP contribution is -2.40. The van der Waals surface area contributed by atoms with E-state index in [0.717, 1.165) is 25.9 Å². The van der Waals surface area contributed by atoms with E-state index in [1.165, 1.54) is 4.90 Å². The molecule has 0 saturated carbocycles. The summed E-state index contributed by atoms with van der Waals surface area (Å²) < 4.78 is 0. The van der Waals surface area contributed by atoms with E-state index in [4.69, 9.17) is 0 Å². The molecule has 1 unspecified atom stereocenters. The molecule has 5 nitrogen and oxygen atoms in total. The van der Waals surface area contributed by atoms with Gasteiger partial charge in [-0.2, -0.15) is 0 Å². The van der Waals surface area contributed by atoms with Gasteiger partial charge in [-0.15, -0.1) is 0 Å². The lowest BCUT2D eigenvalue weighted by molar-refractivity contribution is -0.140. The van der Waals surface area contributed by atoms with E-state index in [1.807, 2.05) is 32.6 Å². The molecule has 3 amide bonds. The number of nitrogens with zero attached hydrogens (tertiary/aromatic N) is 2. The Morgan fingerprint density at radius 3 is 2.00 bits per heavy atom. The molecule has 134 valence electrons. The first-order valence-corrected chi connectivity index (χ1v) is 9.11. The number of rotatable bonds is 3. The fourth-order valence-corrected chi connectivity index (χ4v) is 2.71. The number of hydrogen-bond acceptors (Lipinski definition) is 3. The Morgan fingerprint density at radius 1 is 1.04 bits per heavy atom. The highest BCUT2D eigenvalue weighted by molar-refractivity contribution is 6.03. The van der Waals surface area contributed by atoms with E-state index in [9.17, 15) is 14.4 Å². The number of imide groups is 1. The highest BCUT2D eigenvalue weighted by atomic mass is 16.2. The van der Waals surface area contributed by atoms with Crippen molar-refractivity contribution >= 4 is 17.7 Å². The van der Waals surface area contributed by atoms with E-state index < -0.39 is 0 Å². The molecule has 0 radical (unpaired) electrons. The molecule has 0 aliphatic carbocycles. The van der Waals surface area contributed by atoms with Crippen molar-refractivity contribution in [3.8, 4) is 0 Å². The van der Waals surface area contributed by atoms with Crippen molar-refractivity contribution in [2.75, 3.05) is 19.6 Å². The number of amides is 3. The summed E-state index contributed by atoms with van der Waals surface area (Å²) in [4.78, 5) is 38.5. The van der Waals surface area contributed by atoms with Crippen molar-refractivity contribution in [1.29, 1.82) is 0 Å². The number of piperidine rings is 1. The van der Waals surface area contributed by atoms with Crippen molar-refractivity contribution in [1.82, 2.24) is 9.80 Å². The van der Waals surface area contributed by atoms with Crippen LogP contribution in [0.5, 0.6) is 0 Å². The Morgan fingerprint density at radius 2 is 1.57 bits per heavy atom. The van der Waals surface area contributed by atoms with Crippen LogP contribution in [0.1, 0.15) is 67.2 Å². The molecule has 0 aromatic rings. The third kappa shape index (κ3) is 6.32. The van der Waals surface area contributed by atoms with E-state index in [2.05, 4.69) is 6.92 Å². The summed E-state index contributed by atoms with van der Waals surface area (Å²) in [5.74, 6) is 0.250. The van der Waals surface area contributed by atoms with Crippen molar-refractivity contribution in [2.24, 2.45) is 11.8 Å². The molecular weight excluding hydrogens is 292 g/mol. The predicted molar refractivity (Wildman–Crippen MR) is 92.8 cm³/mol. The predicted octanol–water partition coefficient (Wildman–Crippen LogP) is 3.08. The van der Waals surface area contributed by atoms with Crippen LogP contribution in [0.25, 0.3) is 0 Å². The highest BCUT2D eigenvalue weighted by Gasteiger charge is 2.35. The number of carbonyl (C=O) groups excluding carboxylic acids is 3. The summed E-state index contributed by atoms with van der Waals surface area (Å²) in [6.07, 6.45) is 2.64. The van der Waals surface area contributed by atoms with Gasteiger partial charge in [0, 0.05) is 38.4 Å². The number of carbonyl (C=O) groups is 3. The lowest BCUT2D eigenvalue weighted by atomic mass is 9.99. The summed E-state index contributed by atoms with van der Waals surface area (Å²) in [6.45, 7) is 13.8. The van der Waals surface area contributed by atoms with Gasteiger partial charge in [-0.05, 0) is 18.8 Å². The van der Waals surface area contributed by atoms with Gasteiger partial charge in [-0.25, -0.2) is 0 Å². The molecule has 23 heavy (non-hydrogen) atoms. The minimum atomic E-state index is -0.224. The maximum absolute atomic E-state index is 12.0. The number of hydrogen-bond donors (Lipinski definition) is 0. The molecule has 2 heterocycles. The normalized spacial score (nSPS) is 21.4. The van der Waals surface area contributed by atoms with Crippen LogP contribution in [0.3, 0.4) is 0 Å². The summed E-state index contributed by atoms with van der Waals surface area (Å²) in [5.41, 5.74) is 0. The fraction of sp³-hybridized carbons (Fsp3) is 0.833. The first kappa shape index (κ1) is 21.6. The molecule has 2 aliphatic rings. The molecule has 0 bridgehead atoms. The minimum Gasteiger partial charge on any atom is -0.343 e. The van der Waals surface area contributed by atoms with E-state index in [0.29, 0.717) is 5.92 Å². The average Bonchev–Trinajstić information content (AvgIpc) is 2.82. The zero-order valence-corrected chi connectivity index (χ0v) is 15.7. The summed E-state index contributed by atoms with van der Waals surface area (Å²) in [7, 11) is 0. The van der Waals surface area contributed by atoms with E-state index in [1.54, 1.807) is 6.92 Å². The molecule has 0 N–H and O–H groups in total. The second-order valence-corrected chi connectivity index (χ2v) is 5.80. The molecule has 0 aromatic heterocycles. The van der Waals surface area contributed by atoms with Crippen LogP contribution in [0.15, 0.2) is 0 Å². The van der Waals surface area contributed by atoms with Gasteiger partial charge in [0.2, 0.25) is 17.7 Å². The first-order valence-electron chi connectivity index (χ1n) is 9.11. The van der Waals surface area contributed by atoms with Crippen LogP contribution >= 0.6 is 0 Å². The number of likely N-dealkylation sites (tertiary alicyclic amines) is 2. The largest absolute Gasteiger partial charge is 0.343 e. The van der Waals surface area contributed by atoms with Gasteiger partial charge >= 0.3 is 0 Å². The first-order chi connectivity index (χ1) is 11.0. The molecule has 0 spiro atoms. The highest BCUT2D eigenvalue weighted by Crippen LogP contribution is 2.20. The molecule has 2 rings (SSSR count). The second kappa shape index (κ2) is 11.2. The van der Waals surface area contributed by atoms with Crippen molar-refractivity contribution < 1.29 is 14.4 Å². The third-order valence-electron chi connectivity index (χ3n) is 4.16. The zero-order valence-electron chi connectivity index (χ0n) is 15.7. The maximum Gasteiger partial charge on any atom is 0.232 e.